The lowest BCUT2D eigenvalue weighted by molar-refractivity contribution is -0.142. The molecule has 2 atom stereocenters. The highest BCUT2D eigenvalue weighted by atomic mass is 16.5. The van der Waals surface area contributed by atoms with Gasteiger partial charge in [0.05, 0.1) is 26.3 Å². The predicted octanol–water partition coefficient (Wildman–Crippen LogP) is -0.655. The number of likely N-dealkylation sites (tertiary alicyclic amines) is 1. The zero-order chi connectivity index (χ0) is 13.4. The van der Waals surface area contributed by atoms with Gasteiger partial charge in [0.25, 0.3) is 0 Å². The van der Waals surface area contributed by atoms with Gasteiger partial charge in [-0.1, -0.05) is 0 Å². The molecular weight excluding hydrogens is 234 g/mol. The Kier molecular flexibility index (Phi) is 6.65. The molecule has 1 rings (SSSR count). The van der Waals surface area contributed by atoms with E-state index in [9.17, 15) is 4.79 Å². The Morgan fingerprint density at radius 2 is 2.39 bits per heavy atom. The van der Waals surface area contributed by atoms with Crippen molar-refractivity contribution in [2.24, 2.45) is 5.92 Å². The monoisotopic (exact) mass is 255 g/mol. The molecule has 2 N–H and O–H groups in total. The number of nitriles is 1. The number of carbonyl (C=O) groups excluding carboxylic acids is 1. The topological polar surface area (TPSA) is 85.6 Å². The van der Waals surface area contributed by atoms with Gasteiger partial charge < -0.3 is 15.2 Å². The van der Waals surface area contributed by atoms with Crippen molar-refractivity contribution >= 4 is 5.97 Å². The van der Waals surface area contributed by atoms with Crippen molar-refractivity contribution in [3.63, 3.8) is 0 Å². The number of methoxy groups -OCH3 is 1. The minimum atomic E-state index is -0.209. The van der Waals surface area contributed by atoms with E-state index >= 15 is 0 Å². The fourth-order valence-corrected chi connectivity index (χ4v) is 2.42. The summed E-state index contributed by atoms with van der Waals surface area (Å²) in [6, 6.07) is 2.35. The maximum atomic E-state index is 11.3. The molecule has 0 aliphatic carbocycles. The first-order chi connectivity index (χ1) is 8.69. The van der Waals surface area contributed by atoms with Crippen LogP contribution in [-0.2, 0) is 9.53 Å². The van der Waals surface area contributed by atoms with Gasteiger partial charge >= 0.3 is 5.97 Å². The molecule has 1 heterocycles. The van der Waals surface area contributed by atoms with Gasteiger partial charge in [0, 0.05) is 32.1 Å². The highest BCUT2D eigenvalue weighted by Gasteiger charge is 2.28. The molecule has 6 heteroatoms. The lowest BCUT2D eigenvalue weighted by atomic mass is 9.91. The Labute approximate surface area is 108 Å². The van der Waals surface area contributed by atoms with Gasteiger partial charge in [0.15, 0.2) is 0 Å². The van der Waals surface area contributed by atoms with Crippen LogP contribution in [0.4, 0.5) is 0 Å². The number of nitrogens with zero attached hydrogens (tertiary/aromatic N) is 2. The first-order valence-corrected chi connectivity index (χ1v) is 6.20. The predicted molar refractivity (Wildman–Crippen MR) is 65.7 cm³/mol. The largest absolute Gasteiger partial charge is 0.469 e. The van der Waals surface area contributed by atoms with Crippen LogP contribution in [0.15, 0.2) is 0 Å². The zero-order valence-corrected chi connectivity index (χ0v) is 10.8. The van der Waals surface area contributed by atoms with E-state index in [1.54, 1.807) is 0 Å². The molecule has 0 aromatic carbocycles. The lowest BCUT2D eigenvalue weighted by Crippen LogP contribution is -2.50. The van der Waals surface area contributed by atoms with Crippen molar-refractivity contribution in [1.82, 2.24) is 10.2 Å². The first-order valence-electron chi connectivity index (χ1n) is 6.20. The van der Waals surface area contributed by atoms with E-state index in [4.69, 9.17) is 10.4 Å². The van der Waals surface area contributed by atoms with E-state index in [1.165, 1.54) is 7.11 Å². The van der Waals surface area contributed by atoms with Gasteiger partial charge in [-0.15, -0.1) is 0 Å². The van der Waals surface area contributed by atoms with E-state index < -0.39 is 0 Å². The molecule has 0 aromatic rings. The molecular formula is C12H21N3O3. The maximum Gasteiger partial charge on any atom is 0.305 e. The van der Waals surface area contributed by atoms with Crippen LogP contribution < -0.4 is 5.32 Å². The molecule has 0 aromatic heterocycles. The van der Waals surface area contributed by atoms with E-state index in [2.05, 4.69) is 16.1 Å². The number of nitrogens with one attached hydrogen (secondary N) is 1. The molecule has 1 aliphatic heterocycles. The number of ether oxygens (including phenoxy) is 1. The summed E-state index contributed by atoms with van der Waals surface area (Å²) in [6.45, 7) is 2.53. The van der Waals surface area contributed by atoms with Crippen molar-refractivity contribution in [3.05, 3.63) is 0 Å². The number of hydrogen-bond acceptors (Lipinski definition) is 6. The van der Waals surface area contributed by atoms with E-state index in [1.807, 2.05) is 4.90 Å². The van der Waals surface area contributed by atoms with Crippen LogP contribution in [0.5, 0.6) is 0 Å². The Bertz CT molecular complexity index is 303. The van der Waals surface area contributed by atoms with Gasteiger partial charge in [-0.3, -0.25) is 9.69 Å². The zero-order valence-electron chi connectivity index (χ0n) is 10.8. The van der Waals surface area contributed by atoms with Crippen LogP contribution in [-0.4, -0.2) is 61.9 Å². The Morgan fingerprint density at radius 1 is 1.61 bits per heavy atom. The second-order valence-corrected chi connectivity index (χ2v) is 4.61. The van der Waals surface area contributed by atoms with Gasteiger partial charge in [0.2, 0.25) is 0 Å². The quantitative estimate of drug-likeness (QED) is 0.484. The Morgan fingerprint density at radius 3 is 3.00 bits per heavy atom. The fourth-order valence-electron chi connectivity index (χ4n) is 2.42. The van der Waals surface area contributed by atoms with Crippen LogP contribution in [0.25, 0.3) is 0 Å². The summed E-state index contributed by atoms with van der Waals surface area (Å²) >= 11 is 0. The smallest absolute Gasteiger partial charge is 0.305 e. The van der Waals surface area contributed by atoms with Gasteiger partial charge in [-0.25, -0.2) is 0 Å². The summed E-state index contributed by atoms with van der Waals surface area (Å²) in [7, 11) is 1.39. The second kappa shape index (κ2) is 8.03. The number of aliphatic hydroxyl groups is 1. The van der Waals surface area contributed by atoms with Gasteiger partial charge in [-0.2, -0.15) is 5.26 Å². The molecule has 0 amide bonds. The third-order valence-corrected chi connectivity index (χ3v) is 3.13. The number of rotatable bonds is 6. The highest BCUT2D eigenvalue weighted by molar-refractivity contribution is 5.69. The Hall–Kier alpha value is -1.16. The van der Waals surface area contributed by atoms with Gasteiger partial charge in [0.1, 0.15) is 0 Å². The number of esters is 1. The average Bonchev–Trinajstić information content (AvgIpc) is 2.36. The normalized spacial score (nSPS) is 24.5. The number of hydrogen-bond donors (Lipinski definition) is 2. The van der Waals surface area contributed by atoms with Crippen LogP contribution in [0.2, 0.25) is 0 Å². The van der Waals surface area contributed by atoms with Crippen molar-refractivity contribution in [2.75, 3.05) is 39.9 Å². The summed E-state index contributed by atoms with van der Waals surface area (Å²) in [5, 5.41) is 20.8. The van der Waals surface area contributed by atoms with Crippen molar-refractivity contribution in [3.8, 4) is 6.07 Å². The number of aliphatic hydroxyl groups excluding tert-OH is 1. The summed E-state index contributed by atoms with van der Waals surface area (Å²) in [5.74, 6) is -0.00420. The van der Waals surface area contributed by atoms with Crippen molar-refractivity contribution in [1.29, 1.82) is 5.26 Å². The van der Waals surface area contributed by atoms with E-state index in [-0.39, 0.29) is 24.5 Å². The van der Waals surface area contributed by atoms with Gasteiger partial charge in [-0.05, 0) is 12.3 Å². The van der Waals surface area contributed by atoms with Crippen LogP contribution in [0.3, 0.4) is 0 Å². The first kappa shape index (κ1) is 14.9. The lowest BCUT2D eigenvalue weighted by Gasteiger charge is -2.36. The van der Waals surface area contributed by atoms with E-state index in [0.29, 0.717) is 19.5 Å². The molecule has 1 fully saturated rings. The van der Waals surface area contributed by atoms with E-state index in [0.717, 1.165) is 19.5 Å². The molecule has 0 bridgehead atoms. The SMILES string of the molecule is COC(=O)CC1CC(NCCO)CN(CC#N)C1. The minimum absolute atomic E-state index is 0.0937. The number of carbonyl (C=O) groups is 1. The molecule has 1 saturated heterocycles. The summed E-state index contributed by atoms with van der Waals surface area (Å²) < 4.78 is 4.68. The highest BCUT2D eigenvalue weighted by Crippen LogP contribution is 2.20. The third kappa shape index (κ3) is 5.00. The molecule has 0 saturated carbocycles. The summed E-state index contributed by atoms with van der Waals surface area (Å²) in [5.41, 5.74) is 0. The Balaban J connectivity index is 2.50. The number of piperidine rings is 1. The molecule has 0 spiro atoms. The molecule has 2 unspecified atom stereocenters. The van der Waals surface area contributed by atoms with Crippen LogP contribution in [0, 0.1) is 17.2 Å². The fraction of sp³-hybridized carbons (Fsp3) is 0.833. The van der Waals surface area contributed by atoms with Crippen molar-refractivity contribution < 1.29 is 14.6 Å². The molecule has 1 aliphatic rings. The second-order valence-electron chi connectivity index (χ2n) is 4.61. The molecule has 6 nitrogen and oxygen atoms in total. The summed E-state index contributed by atoms with van der Waals surface area (Å²) in [4.78, 5) is 13.3. The minimum Gasteiger partial charge on any atom is -0.469 e. The van der Waals surface area contributed by atoms with Crippen LogP contribution >= 0.6 is 0 Å². The van der Waals surface area contributed by atoms with Crippen LogP contribution in [0.1, 0.15) is 12.8 Å². The van der Waals surface area contributed by atoms with Crippen molar-refractivity contribution in [2.45, 2.75) is 18.9 Å². The summed E-state index contributed by atoms with van der Waals surface area (Å²) in [6.07, 6.45) is 1.26. The third-order valence-electron chi connectivity index (χ3n) is 3.13. The molecule has 0 radical (unpaired) electrons. The maximum absolute atomic E-state index is 11.3. The molecule has 102 valence electrons. The standard InChI is InChI=1S/C12H21N3O3/c1-18-12(17)7-10-6-11(14-3-5-16)9-15(8-10)4-2-13/h10-11,14,16H,3-9H2,1H3. The average molecular weight is 255 g/mol. The molecule has 18 heavy (non-hydrogen) atoms.